The molecule has 1 atom stereocenters. The Hall–Kier alpha value is -1.29. The van der Waals surface area contributed by atoms with Gasteiger partial charge in [0.25, 0.3) is 0 Å². The third-order valence-corrected chi connectivity index (χ3v) is 7.06. The van der Waals surface area contributed by atoms with E-state index in [1.807, 2.05) is 11.6 Å². The van der Waals surface area contributed by atoms with Crippen molar-refractivity contribution in [2.75, 3.05) is 12.9 Å². The van der Waals surface area contributed by atoms with Gasteiger partial charge in [-0.3, -0.25) is 0 Å². The van der Waals surface area contributed by atoms with Crippen molar-refractivity contribution in [2.45, 2.75) is 57.8 Å². The van der Waals surface area contributed by atoms with Gasteiger partial charge in [-0.05, 0) is 25.7 Å². The Bertz CT molecular complexity index is 845. The molecule has 142 valence electrons. The number of hydrogen-bond acceptors (Lipinski definition) is 6. The standard InChI is InChI=1S/C17H24N4O3S2/c1-26(22,23)21(10-13-9-20-7-3-2-6-16(20)18-13)11-14-12-25-17(19-14)15-5-4-8-24-15/h9,12,15H,2-8,10-11H2,1H3/t15-/m1/s1. The van der Waals surface area contributed by atoms with Crippen LogP contribution in [0.1, 0.15) is 54.0 Å². The molecule has 0 aromatic carbocycles. The lowest BCUT2D eigenvalue weighted by atomic mass is 10.2. The van der Waals surface area contributed by atoms with Crippen molar-refractivity contribution in [2.24, 2.45) is 0 Å². The average molecular weight is 397 g/mol. The minimum Gasteiger partial charge on any atom is -0.371 e. The zero-order chi connectivity index (χ0) is 18.1. The number of aromatic nitrogens is 3. The van der Waals surface area contributed by atoms with Gasteiger partial charge in [-0.15, -0.1) is 11.3 Å². The van der Waals surface area contributed by atoms with Crippen LogP contribution in [0, 0.1) is 0 Å². The van der Waals surface area contributed by atoms with E-state index in [2.05, 4.69) is 14.5 Å². The zero-order valence-corrected chi connectivity index (χ0v) is 16.6. The highest BCUT2D eigenvalue weighted by Crippen LogP contribution is 2.31. The zero-order valence-electron chi connectivity index (χ0n) is 14.9. The SMILES string of the molecule is CS(=O)(=O)N(Cc1csc([C@H]2CCCO2)n1)Cc1cn2c(n1)CCCC2. The van der Waals surface area contributed by atoms with E-state index >= 15 is 0 Å². The van der Waals surface area contributed by atoms with Crippen LogP contribution in [0.15, 0.2) is 11.6 Å². The molecule has 1 fully saturated rings. The monoisotopic (exact) mass is 396 g/mol. The molecule has 4 heterocycles. The van der Waals surface area contributed by atoms with E-state index in [1.54, 1.807) is 11.3 Å². The first-order chi connectivity index (χ1) is 12.5. The smallest absolute Gasteiger partial charge is 0.211 e. The maximum atomic E-state index is 12.3. The summed E-state index contributed by atoms with van der Waals surface area (Å²) in [6.07, 6.45) is 8.63. The number of hydrogen-bond donors (Lipinski definition) is 0. The molecule has 0 aliphatic carbocycles. The fourth-order valence-corrected chi connectivity index (χ4v) is 5.14. The predicted octanol–water partition coefficient (Wildman–Crippen LogP) is 2.49. The van der Waals surface area contributed by atoms with Gasteiger partial charge in [0.05, 0.1) is 30.7 Å². The molecule has 9 heteroatoms. The Morgan fingerprint density at radius 1 is 1.27 bits per heavy atom. The Morgan fingerprint density at radius 2 is 2.12 bits per heavy atom. The van der Waals surface area contributed by atoms with Gasteiger partial charge < -0.3 is 9.30 Å². The third-order valence-electron chi connectivity index (χ3n) is 4.88. The van der Waals surface area contributed by atoms with Crippen molar-refractivity contribution in [3.8, 4) is 0 Å². The van der Waals surface area contributed by atoms with Crippen molar-refractivity contribution in [1.82, 2.24) is 18.8 Å². The van der Waals surface area contributed by atoms with Crippen LogP contribution in [0.4, 0.5) is 0 Å². The second kappa shape index (κ2) is 7.38. The summed E-state index contributed by atoms with van der Waals surface area (Å²) in [7, 11) is -3.36. The number of rotatable bonds is 6. The maximum Gasteiger partial charge on any atom is 0.211 e. The summed E-state index contributed by atoms with van der Waals surface area (Å²) in [4.78, 5) is 9.25. The lowest BCUT2D eigenvalue weighted by Crippen LogP contribution is -2.29. The number of ether oxygens (including phenoxy) is 1. The van der Waals surface area contributed by atoms with Crippen LogP contribution in [0.3, 0.4) is 0 Å². The number of nitrogens with zero attached hydrogens (tertiary/aromatic N) is 4. The molecular weight excluding hydrogens is 372 g/mol. The van der Waals surface area contributed by atoms with Crippen molar-refractivity contribution >= 4 is 21.4 Å². The molecule has 4 rings (SSSR count). The first kappa shape index (κ1) is 18.1. The maximum absolute atomic E-state index is 12.3. The third kappa shape index (κ3) is 4.00. The minimum absolute atomic E-state index is 0.0697. The molecule has 7 nitrogen and oxygen atoms in total. The van der Waals surface area contributed by atoms with Crippen LogP contribution in [0.25, 0.3) is 0 Å². The highest BCUT2D eigenvalue weighted by Gasteiger charge is 2.24. The van der Waals surface area contributed by atoms with Crippen LogP contribution in [-0.2, 0) is 40.8 Å². The summed E-state index contributed by atoms with van der Waals surface area (Å²) in [5.41, 5.74) is 1.58. The van der Waals surface area contributed by atoms with Gasteiger partial charge in [-0.1, -0.05) is 0 Å². The number of imidazole rings is 1. The minimum atomic E-state index is -3.36. The fourth-order valence-electron chi connectivity index (χ4n) is 3.52. The van der Waals surface area contributed by atoms with E-state index in [4.69, 9.17) is 4.74 Å². The summed E-state index contributed by atoms with van der Waals surface area (Å²) < 4.78 is 33.9. The Labute approximate surface area is 158 Å². The molecule has 0 bridgehead atoms. The van der Waals surface area contributed by atoms with Crippen molar-refractivity contribution < 1.29 is 13.2 Å². The van der Waals surface area contributed by atoms with E-state index in [-0.39, 0.29) is 19.2 Å². The van der Waals surface area contributed by atoms with Crippen molar-refractivity contribution in [1.29, 1.82) is 0 Å². The first-order valence-corrected chi connectivity index (χ1v) is 11.8. The molecule has 2 aliphatic rings. The quantitative estimate of drug-likeness (QED) is 0.750. The summed E-state index contributed by atoms with van der Waals surface area (Å²) in [5, 5.41) is 2.89. The Morgan fingerprint density at radius 3 is 2.85 bits per heavy atom. The Balaban J connectivity index is 1.49. The number of thiazole rings is 1. The van der Waals surface area contributed by atoms with E-state index in [0.717, 1.165) is 67.5 Å². The number of sulfonamides is 1. The second-order valence-corrected chi connectivity index (χ2v) is 9.88. The topological polar surface area (TPSA) is 77.3 Å². The summed E-state index contributed by atoms with van der Waals surface area (Å²) in [6, 6.07) is 0. The number of fused-ring (bicyclic) bond motifs is 1. The summed E-state index contributed by atoms with van der Waals surface area (Å²) >= 11 is 1.55. The molecule has 0 radical (unpaired) electrons. The largest absolute Gasteiger partial charge is 0.371 e. The van der Waals surface area contributed by atoms with Crippen LogP contribution >= 0.6 is 11.3 Å². The lowest BCUT2D eigenvalue weighted by Gasteiger charge is -2.17. The second-order valence-electron chi connectivity index (χ2n) is 7.01. The normalized spacial score (nSPS) is 20.6. The van der Waals surface area contributed by atoms with Gasteiger partial charge in [0.1, 0.15) is 16.9 Å². The van der Waals surface area contributed by atoms with E-state index in [0.29, 0.717) is 0 Å². The number of aryl methyl sites for hydroxylation is 2. The fraction of sp³-hybridized carbons (Fsp3) is 0.647. The average Bonchev–Trinajstić information content (AvgIpc) is 3.33. The van der Waals surface area contributed by atoms with Crippen LogP contribution in [0.5, 0.6) is 0 Å². The van der Waals surface area contributed by atoms with E-state index < -0.39 is 10.0 Å². The summed E-state index contributed by atoms with van der Waals surface area (Å²) in [5.74, 6) is 1.06. The van der Waals surface area contributed by atoms with E-state index in [1.165, 1.54) is 10.6 Å². The van der Waals surface area contributed by atoms with Crippen LogP contribution in [0.2, 0.25) is 0 Å². The Kier molecular flexibility index (Phi) is 5.13. The molecule has 26 heavy (non-hydrogen) atoms. The highest BCUT2D eigenvalue weighted by atomic mass is 32.2. The van der Waals surface area contributed by atoms with Gasteiger partial charge in [-0.25, -0.2) is 18.4 Å². The highest BCUT2D eigenvalue weighted by molar-refractivity contribution is 7.88. The van der Waals surface area contributed by atoms with Crippen molar-refractivity contribution in [3.63, 3.8) is 0 Å². The molecule has 0 unspecified atom stereocenters. The molecule has 0 spiro atoms. The predicted molar refractivity (Wildman–Crippen MR) is 99.3 cm³/mol. The van der Waals surface area contributed by atoms with Gasteiger partial charge in [-0.2, -0.15) is 4.31 Å². The van der Waals surface area contributed by atoms with E-state index in [9.17, 15) is 8.42 Å². The molecule has 2 aromatic heterocycles. The van der Waals surface area contributed by atoms with Crippen molar-refractivity contribution in [3.05, 3.63) is 33.8 Å². The van der Waals surface area contributed by atoms with Crippen LogP contribution in [-0.4, -0.2) is 40.1 Å². The first-order valence-electron chi connectivity index (χ1n) is 9.05. The molecular formula is C17H24N4O3S2. The van der Waals surface area contributed by atoms with Gasteiger partial charge >= 0.3 is 0 Å². The van der Waals surface area contributed by atoms with Gasteiger partial charge in [0.2, 0.25) is 10.0 Å². The molecule has 1 saturated heterocycles. The molecule has 0 N–H and O–H groups in total. The molecule has 0 saturated carbocycles. The molecule has 2 aliphatic heterocycles. The molecule has 0 amide bonds. The molecule has 2 aromatic rings. The van der Waals surface area contributed by atoms with Crippen LogP contribution < -0.4 is 0 Å². The summed E-state index contributed by atoms with van der Waals surface area (Å²) in [6.45, 7) is 2.30. The van der Waals surface area contributed by atoms with Gasteiger partial charge in [0.15, 0.2) is 0 Å². The lowest BCUT2D eigenvalue weighted by molar-refractivity contribution is 0.111. The van der Waals surface area contributed by atoms with Gasteiger partial charge in [0, 0.05) is 31.1 Å².